The van der Waals surface area contributed by atoms with Crippen molar-refractivity contribution in [3.8, 4) is 0 Å². The normalized spacial score (nSPS) is 11.6. The van der Waals surface area contributed by atoms with Crippen LogP contribution in [0.1, 0.15) is 5.56 Å². The Labute approximate surface area is 138 Å². The molecule has 0 unspecified atom stereocenters. The maximum absolute atomic E-state index is 13.4. The fourth-order valence-corrected chi connectivity index (χ4v) is 8.76. The fourth-order valence-electron chi connectivity index (χ4n) is 2.50. The lowest BCUT2D eigenvalue weighted by Gasteiger charge is -2.20. The highest BCUT2D eigenvalue weighted by Crippen LogP contribution is 2.46. The van der Waals surface area contributed by atoms with E-state index >= 15 is 0 Å². The predicted molar refractivity (Wildman–Crippen MR) is 97.4 cm³/mol. The molecule has 23 heavy (non-hydrogen) atoms. The maximum atomic E-state index is 13.4. The van der Waals surface area contributed by atoms with Crippen LogP contribution in [0.3, 0.4) is 0 Å². The molecule has 2 nitrogen and oxygen atoms in total. The van der Waals surface area contributed by atoms with Gasteiger partial charge in [0.1, 0.15) is 0 Å². The Kier molecular flexibility index (Phi) is 4.61. The van der Waals surface area contributed by atoms with Crippen LogP contribution < -0.4 is 10.6 Å². The monoisotopic (exact) mass is 340 g/mol. The van der Waals surface area contributed by atoms with Crippen molar-refractivity contribution in [1.82, 2.24) is 0 Å². The summed E-state index contributed by atoms with van der Waals surface area (Å²) in [7, 11) is -4.99. The summed E-state index contributed by atoms with van der Waals surface area (Å²) in [6.07, 6.45) is 0. The molecule has 0 aliphatic heterocycles. The van der Waals surface area contributed by atoms with Crippen LogP contribution >= 0.6 is 7.12 Å². The molecule has 0 spiro atoms. The molecule has 3 aromatic rings. The number of hydrogen-bond acceptors (Lipinski definition) is 2. The van der Waals surface area contributed by atoms with Crippen LogP contribution in [0.5, 0.6) is 0 Å². The smallest absolute Gasteiger partial charge is 0.203 e. The Morgan fingerprint density at radius 1 is 0.652 bits per heavy atom. The van der Waals surface area contributed by atoms with Crippen LogP contribution in [0.4, 0.5) is 0 Å². The van der Waals surface area contributed by atoms with Crippen LogP contribution in [0.15, 0.2) is 89.8 Å². The molecule has 0 heterocycles. The minimum atomic E-state index is -3.47. The van der Waals surface area contributed by atoms with Crippen LogP contribution in [0.25, 0.3) is 0 Å². The Morgan fingerprint density at radius 3 is 1.57 bits per heavy atom. The molecule has 4 heteroatoms. The summed E-state index contributed by atoms with van der Waals surface area (Å²) >= 11 is 0. The van der Waals surface area contributed by atoms with Crippen molar-refractivity contribution in [3.63, 3.8) is 0 Å². The summed E-state index contributed by atoms with van der Waals surface area (Å²) in [4.78, 5) is 0.416. The molecule has 0 aromatic heterocycles. The highest BCUT2D eigenvalue weighted by molar-refractivity contribution is 8.54. The van der Waals surface area contributed by atoms with Gasteiger partial charge in [-0.25, -0.2) is 8.42 Å². The van der Waals surface area contributed by atoms with Gasteiger partial charge >= 0.3 is 0 Å². The third-order valence-corrected chi connectivity index (χ3v) is 9.92. The average Bonchev–Trinajstić information content (AvgIpc) is 2.57. The largest absolute Gasteiger partial charge is 0.219 e. The quantitative estimate of drug-likeness (QED) is 0.677. The Bertz CT molecular complexity index is 851. The van der Waals surface area contributed by atoms with Gasteiger partial charge in [-0.15, -0.1) is 0 Å². The van der Waals surface area contributed by atoms with Gasteiger partial charge in [0.25, 0.3) is 0 Å². The number of aryl methyl sites for hydroxylation is 1. The zero-order chi connectivity index (χ0) is 16.3. The Hall–Kier alpha value is -1.96. The number of benzene rings is 3. The van der Waals surface area contributed by atoms with E-state index < -0.39 is 16.6 Å². The first-order chi connectivity index (χ1) is 11.1. The van der Waals surface area contributed by atoms with Crippen LogP contribution in [0, 0.1) is 6.92 Å². The average molecular weight is 340 g/mol. The zero-order valence-electron chi connectivity index (χ0n) is 12.8. The van der Waals surface area contributed by atoms with E-state index in [0.717, 1.165) is 16.2 Å². The van der Waals surface area contributed by atoms with Crippen molar-refractivity contribution in [3.05, 3.63) is 90.5 Å². The SMILES string of the molecule is Cc1ccccc1S(=O)(=O)P(c1ccccc1)c1ccccc1. The van der Waals surface area contributed by atoms with E-state index in [2.05, 4.69) is 0 Å². The molecule has 0 radical (unpaired) electrons. The van der Waals surface area contributed by atoms with Gasteiger partial charge in [0.15, 0.2) is 0 Å². The van der Waals surface area contributed by atoms with E-state index in [9.17, 15) is 8.42 Å². The number of rotatable bonds is 4. The second-order valence-electron chi connectivity index (χ2n) is 5.21. The molecule has 0 bridgehead atoms. The van der Waals surface area contributed by atoms with Crippen molar-refractivity contribution in [2.75, 3.05) is 0 Å². The third kappa shape index (κ3) is 3.21. The van der Waals surface area contributed by atoms with Crippen LogP contribution in [-0.4, -0.2) is 8.42 Å². The second-order valence-corrected chi connectivity index (χ2v) is 10.8. The highest BCUT2D eigenvalue weighted by atomic mass is 32.8. The predicted octanol–water partition coefficient (Wildman–Crippen LogP) is 3.82. The molecule has 3 rings (SSSR count). The maximum Gasteiger partial charge on any atom is 0.203 e. The summed E-state index contributed by atoms with van der Waals surface area (Å²) in [5, 5.41) is 1.69. The van der Waals surface area contributed by atoms with Crippen molar-refractivity contribution >= 4 is 27.2 Å². The zero-order valence-corrected chi connectivity index (χ0v) is 14.5. The van der Waals surface area contributed by atoms with E-state index in [1.165, 1.54) is 0 Å². The highest BCUT2D eigenvalue weighted by Gasteiger charge is 2.31. The molecule has 116 valence electrons. The van der Waals surface area contributed by atoms with Gasteiger partial charge in [0, 0.05) is 0 Å². The van der Waals surface area contributed by atoms with E-state index in [4.69, 9.17) is 0 Å². The summed E-state index contributed by atoms with van der Waals surface area (Å²) in [6, 6.07) is 26.1. The summed E-state index contributed by atoms with van der Waals surface area (Å²) < 4.78 is 26.8. The first-order valence-electron chi connectivity index (χ1n) is 7.32. The van der Waals surface area contributed by atoms with Crippen molar-refractivity contribution in [1.29, 1.82) is 0 Å². The molecular weight excluding hydrogens is 323 g/mol. The van der Waals surface area contributed by atoms with Gasteiger partial charge in [-0.2, -0.15) is 0 Å². The van der Waals surface area contributed by atoms with Crippen molar-refractivity contribution in [2.24, 2.45) is 0 Å². The minimum absolute atomic E-state index is 0.416. The van der Waals surface area contributed by atoms with E-state index in [1.54, 1.807) is 12.1 Å². The fraction of sp³-hybridized carbons (Fsp3) is 0.0526. The number of hydrogen-bond donors (Lipinski definition) is 0. The topological polar surface area (TPSA) is 34.1 Å². The second kappa shape index (κ2) is 6.66. The summed E-state index contributed by atoms with van der Waals surface area (Å²) in [5.74, 6) is 0. The molecule has 0 fully saturated rings. The van der Waals surface area contributed by atoms with Crippen molar-refractivity contribution < 1.29 is 8.42 Å². The van der Waals surface area contributed by atoms with Gasteiger partial charge in [0.05, 0.1) is 12.0 Å². The lowest BCUT2D eigenvalue weighted by molar-refractivity contribution is 0.609. The van der Waals surface area contributed by atoms with Gasteiger partial charge < -0.3 is 0 Å². The lowest BCUT2D eigenvalue weighted by atomic mass is 10.2. The van der Waals surface area contributed by atoms with E-state index in [-0.39, 0.29) is 0 Å². The summed E-state index contributed by atoms with van der Waals surface area (Å²) in [6.45, 7) is 1.84. The standard InChI is InChI=1S/C19H17O2PS/c1-16-10-8-9-15-19(16)23(20,21)22(17-11-4-2-5-12-17)18-13-6-3-7-14-18/h2-15H,1H3. The molecule has 0 saturated heterocycles. The molecule has 0 saturated carbocycles. The van der Waals surface area contributed by atoms with Gasteiger partial charge in [0.2, 0.25) is 9.46 Å². The lowest BCUT2D eigenvalue weighted by Crippen LogP contribution is -2.19. The van der Waals surface area contributed by atoms with Gasteiger partial charge in [-0.3, -0.25) is 0 Å². The third-order valence-electron chi connectivity index (χ3n) is 3.59. The minimum Gasteiger partial charge on any atom is -0.219 e. The molecule has 0 aliphatic rings. The molecule has 3 aromatic carbocycles. The van der Waals surface area contributed by atoms with Crippen molar-refractivity contribution in [2.45, 2.75) is 11.8 Å². The molecular formula is C19H17O2PS. The molecule has 0 atom stereocenters. The molecule has 0 aliphatic carbocycles. The molecule has 0 N–H and O–H groups in total. The van der Waals surface area contributed by atoms with Crippen LogP contribution in [0.2, 0.25) is 0 Å². The first-order valence-corrected chi connectivity index (χ1v) is 10.7. The van der Waals surface area contributed by atoms with E-state index in [1.807, 2.05) is 79.7 Å². The molecule has 0 amide bonds. The summed E-state index contributed by atoms with van der Waals surface area (Å²) in [5.41, 5.74) is 0.784. The van der Waals surface area contributed by atoms with Gasteiger partial charge in [-0.1, -0.05) is 78.9 Å². The first kappa shape index (κ1) is 15.9. The van der Waals surface area contributed by atoms with Crippen LogP contribution in [-0.2, 0) is 9.46 Å². The Morgan fingerprint density at radius 2 is 1.09 bits per heavy atom. The van der Waals surface area contributed by atoms with Gasteiger partial charge in [-0.05, 0) is 29.2 Å². The van der Waals surface area contributed by atoms with E-state index in [0.29, 0.717) is 4.90 Å². The Balaban J connectivity index is 2.22.